The molecule has 0 aliphatic heterocycles. The maximum Gasteiger partial charge on any atom is 0.407 e. The minimum atomic E-state index is -0.536. The van der Waals surface area contributed by atoms with E-state index in [1.807, 2.05) is 42.5 Å². The molecular weight excluding hydrogens is 354 g/mol. The summed E-state index contributed by atoms with van der Waals surface area (Å²) in [5, 5.41) is 5.48. The van der Waals surface area contributed by atoms with Gasteiger partial charge in [-0.25, -0.2) is 9.78 Å². The normalized spacial score (nSPS) is 10.4. The summed E-state index contributed by atoms with van der Waals surface area (Å²) < 4.78 is 5.14. The molecule has 2 amide bonds. The second kappa shape index (κ2) is 10.1. The van der Waals surface area contributed by atoms with E-state index in [0.29, 0.717) is 30.8 Å². The lowest BCUT2D eigenvalue weighted by atomic mass is 10.2. The van der Waals surface area contributed by atoms with Gasteiger partial charge in [-0.05, 0) is 63.4 Å². The molecule has 0 atom stereocenters. The number of anilines is 1. The van der Waals surface area contributed by atoms with Crippen molar-refractivity contribution < 1.29 is 14.3 Å². The Kier molecular flexibility index (Phi) is 7.58. The highest BCUT2D eigenvalue weighted by Gasteiger charge is 2.15. The van der Waals surface area contributed by atoms with Crippen molar-refractivity contribution in [3.05, 3.63) is 59.9 Å². The van der Waals surface area contributed by atoms with Gasteiger partial charge in [0.2, 0.25) is 5.91 Å². The van der Waals surface area contributed by atoms with Crippen molar-refractivity contribution in [1.82, 2.24) is 10.3 Å². The Morgan fingerprint density at radius 1 is 1.11 bits per heavy atom. The molecule has 0 saturated heterocycles. The van der Waals surface area contributed by atoms with Crippen molar-refractivity contribution in [3.8, 4) is 11.8 Å². The zero-order chi connectivity index (χ0) is 20.4. The molecule has 1 heterocycles. The van der Waals surface area contributed by atoms with E-state index in [4.69, 9.17) is 4.74 Å². The quantitative estimate of drug-likeness (QED) is 0.613. The van der Waals surface area contributed by atoms with Crippen LogP contribution in [-0.4, -0.2) is 29.1 Å². The molecule has 1 aromatic heterocycles. The number of pyridine rings is 1. The standard InChI is InChI=1S/C22H25N3O3/c1-22(2,3)28-21(27)24-15-7-11-20(26)25-19-10-6-8-17(16-19)12-13-18-9-4-5-14-23-18/h4-6,8-10,14,16H,7,11,15H2,1-3H3,(H,24,27)(H,25,26). The number of aromatic nitrogens is 1. The van der Waals surface area contributed by atoms with Crippen LogP contribution in [0.3, 0.4) is 0 Å². The lowest BCUT2D eigenvalue weighted by molar-refractivity contribution is -0.116. The van der Waals surface area contributed by atoms with Crippen molar-refractivity contribution in [2.75, 3.05) is 11.9 Å². The van der Waals surface area contributed by atoms with Gasteiger partial charge in [-0.15, -0.1) is 0 Å². The molecule has 2 rings (SSSR count). The largest absolute Gasteiger partial charge is 0.444 e. The molecule has 2 aromatic rings. The van der Waals surface area contributed by atoms with Gasteiger partial charge in [0.05, 0.1) is 0 Å². The third-order valence-electron chi connectivity index (χ3n) is 3.39. The van der Waals surface area contributed by atoms with Crippen molar-refractivity contribution >= 4 is 17.7 Å². The number of carbonyl (C=O) groups is 2. The van der Waals surface area contributed by atoms with E-state index in [1.165, 1.54) is 0 Å². The lowest BCUT2D eigenvalue weighted by Gasteiger charge is -2.19. The van der Waals surface area contributed by atoms with E-state index in [0.717, 1.165) is 5.56 Å². The summed E-state index contributed by atoms with van der Waals surface area (Å²) in [6.07, 6.45) is 2.02. The number of ether oxygens (including phenoxy) is 1. The molecule has 0 saturated carbocycles. The Hall–Kier alpha value is -3.33. The van der Waals surface area contributed by atoms with Crippen LogP contribution in [0, 0.1) is 11.8 Å². The maximum atomic E-state index is 12.1. The molecule has 2 N–H and O–H groups in total. The second-order valence-corrected chi connectivity index (χ2v) is 7.13. The van der Waals surface area contributed by atoms with Crippen LogP contribution in [0.4, 0.5) is 10.5 Å². The lowest BCUT2D eigenvalue weighted by Crippen LogP contribution is -2.33. The van der Waals surface area contributed by atoms with E-state index >= 15 is 0 Å². The van der Waals surface area contributed by atoms with E-state index in [9.17, 15) is 9.59 Å². The molecule has 6 heteroatoms. The average molecular weight is 379 g/mol. The Balaban J connectivity index is 1.78. The number of alkyl carbamates (subject to hydrolysis) is 1. The Labute approximate surface area is 165 Å². The monoisotopic (exact) mass is 379 g/mol. The first kappa shape index (κ1) is 21.0. The molecular formula is C22H25N3O3. The van der Waals surface area contributed by atoms with E-state index < -0.39 is 11.7 Å². The van der Waals surface area contributed by atoms with Crippen LogP contribution in [0.15, 0.2) is 48.7 Å². The SMILES string of the molecule is CC(C)(C)OC(=O)NCCCC(=O)Nc1cccc(C#Cc2ccccn2)c1. The summed E-state index contributed by atoms with van der Waals surface area (Å²) in [7, 11) is 0. The highest BCUT2D eigenvalue weighted by molar-refractivity contribution is 5.90. The second-order valence-electron chi connectivity index (χ2n) is 7.13. The first-order valence-electron chi connectivity index (χ1n) is 9.12. The molecule has 146 valence electrons. The first-order chi connectivity index (χ1) is 13.3. The van der Waals surface area contributed by atoms with Crippen molar-refractivity contribution in [1.29, 1.82) is 0 Å². The first-order valence-corrected chi connectivity index (χ1v) is 9.12. The summed E-state index contributed by atoms with van der Waals surface area (Å²) in [5.41, 5.74) is 1.62. The van der Waals surface area contributed by atoms with Gasteiger partial charge in [0.1, 0.15) is 11.3 Å². The van der Waals surface area contributed by atoms with Crippen molar-refractivity contribution in [2.45, 2.75) is 39.2 Å². The molecule has 1 aromatic carbocycles. The Morgan fingerprint density at radius 2 is 1.93 bits per heavy atom. The number of amides is 2. The fraction of sp³-hybridized carbons (Fsp3) is 0.318. The van der Waals surface area contributed by atoms with E-state index in [-0.39, 0.29) is 5.91 Å². The van der Waals surface area contributed by atoms with Crippen LogP contribution >= 0.6 is 0 Å². The summed E-state index contributed by atoms with van der Waals surface area (Å²) in [5.74, 6) is 5.89. The van der Waals surface area contributed by atoms with Crippen molar-refractivity contribution in [2.24, 2.45) is 0 Å². The van der Waals surface area contributed by atoms with Gasteiger partial charge < -0.3 is 15.4 Å². The van der Waals surface area contributed by atoms with Crippen LogP contribution in [0.1, 0.15) is 44.9 Å². The van der Waals surface area contributed by atoms with Gasteiger partial charge in [0, 0.05) is 30.4 Å². The molecule has 0 spiro atoms. The van der Waals surface area contributed by atoms with Gasteiger partial charge in [-0.3, -0.25) is 4.79 Å². The minimum absolute atomic E-state index is 0.124. The van der Waals surface area contributed by atoms with Gasteiger partial charge >= 0.3 is 6.09 Å². The third-order valence-corrected chi connectivity index (χ3v) is 3.39. The zero-order valence-electron chi connectivity index (χ0n) is 16.4. The fourth-order valence-electron chi connectivity index (χ4n) is 2.22. The Morgan fingerprint density at radius 3 is 2.64 bits per heavy atom. The van der Waals surface area contributed by atoms with Gasteiger partial charge in [-0.1, -0.05) is 18.1 Å². The predicted octanol–water partition coefficient (Wildman–Crippen LogP) is 3.72. The summed E-state index contributed by atoms with van der Waals surface area (Å²) in [4.78, 5) is 27.8. The predicted molar refractivity (Wildman–Crippen MR) is 109 cm³/mol. The smallest absolute Gasteiger partial charge is 0.407 e. The molecule has 0 bridgehead atoms. The van der Waals surface area contributed by atoms with Crippen LogP contribution < -0.4 is 10.6 Å². The number of carbonyl (C=O) groups excluding carboxylic acids is 2. The zero-order valence-corrected chi connectivity index (χ0v) is 16.4. The number of nitrogens with one attached hydrogen (secondary N) is 2. The highest BCUT2D eigenvalue weighted by atomic mass is 16.6. The molecule has 0 radical (unpaired) electrons. The molecule has 0 aliphatic carbocycles. The number of nitrogens with zero attached hydrogens (tertiary/aromatic N) is 1. The number of hydrogen-bond donors (Lipinski definition) is 2. The molecule has 28 heavy (non-hydrogen) atoms. The number of benzene rings is 1. The summed E-state index contributed by atoms with van der Waals surface area (Å²) in [6, 6.07) is 12.9. The van der Waals surface area contributed by atoms with Crippen molar-refractivity contribution in [3.63, 3.8) is 0 Å². The third kappa shape index (κ3) is 8.37. The number of rotatable bonds is 5. The molecule has 0 aliphatic rings. The van der Waals surface area contributed by atoms with Gasteiger partial charge in [0.15, 0.2) is 0 Å². The molecule has 0 fully saturated rings. The topological polar surface area (TPSA) is 80.3 Å². The van der Waals surface area contributed by atoms with E-state index in [1.54, 1.807) is 27.0 Å². The molecule has 6 nitrogen and oxygen atoms in total. The van der Waals surface area contributed by atoms with E-state index in [2.05, 4.69) is 27.5 Å². The average Bonchev–Trinajstić information content (AvgIpc) is 2.63. The van der Waals surface area contributed by atoms with Crippen LogP contribution in [-0.2, 0) is 9.53 Å². The minimum Gasteiger partial charge on any atom is -0.444 e. The number of hydrogen-bond acceptors (Lipinski definition) is 4. The van der Waals surface area contributed by atoms with Gasteiger partial charge in [-0.2, -0.15) is 0 Å². The van der Waals surface area contributed by atoms with Crippen LogP contribution in [0.2, 0.25) is 0 Å². The Bertz CT molecular complexity index is 862. The van der Waals surface area contributed by atoms with Gasteiger partial charge in [0.25, 0.3) is 0 Å². The van der Waals surface area contributed by atoms with Crippen LogP contribution in [0.25, 0.3) is 0 Å². The summed E-state index contributed by atoms with van der Waals surface area (Å²) in [6.45, 7) is 5.77. The molecule has 0 unspecified atom stereocenters. The van der Waals surface area contributed by atoms with Crippen LogP contribution in [0.5, 0.6) is 0 Å². The summed E-state index contributed by atoms with van der Waals surface area (Å²) >= 11 is 0. The highest BCUT2D eigenvalue weighted by Crippen LogP contribution is 2.11. The maximum absolute atomic E-state index is 12.1. The fourth-order valence-corrected chi connectivity index (χ4v) is 2.22.